The number of halogens is 3. The van der Waals surface area contributed by atoms with Crippen LogP contribution in [-0.2, 0) is 10.0 Å². The van der Waals surface area contributed by atoms with Crippen molar-refractivity contribution in [2.24, 2.45) is 0 Å². The summed E-state index contributed by atoms with van der Waals surface area (Å²) in [4.78, 5) is 25.8. The molecule has 2 aliphatic heterocycles. The fourth-order valence-corrected chi connectivity index (χ4v) is 7.59. The smallest absolute Gasteiger partial charge is 0.259 e. The lowest BCUT2D eigenvalue weighted by Gasteiger charge is -2.38. The van der Waals surface area contributed by atoms with E-state index in [1.54, 1.807) is 11.8 Å². The summed E-state index contributed by atoms with van der Waals surface area (Å²) in [7, 11) is -5.41. The van der Waals surface area contributed by atoms with Gasteiger partial charge < -0.3 is 20.2 Å². The van der Waals surface area contributed by atoms with Crippen molar-refractivity contribution in [2.75, 3.05) is 58.4 Å². The molecule has 15 heteroatoms. The molecule has 2 fully saturated rings. The van der Waals surface area contributed by atoms with Crippen LogP contribution in [0.15, 0.2) is 18.2 Å². The van der Waals surface area contributed by atoms with Crippen molar-refractivity contribution in [2.45, 2.75) is 50.9 Å². The molecule has 40 heavy (non-hydrogen) atoms. The first kappa shape index (κ1) is 30.1. The number of nitrogens with one attached hydrogen (secondary N) is 2. The molecule has 2 saturated heterocycles. The summed E-state index contributed by atoms with van der Waals surface area (Å²) < 4.78 is 69.0. The topological polar surface area (TPSA) is 128 Å². The van der Waals surface area contributed by atoms with Crippen molar-refractivity contribution in [3.8, 4) is 0 Å². The first-order valence-electron chi connectivity index (χ1n) is 13.2. The highest BCUT2D eigenvalue weighted by Crippen LogP contribution is 2.34. The van der Waals surface area contributed by atoms with Gasteiger partial charge in [-0.25, -0.2) is 26.6 Å². The van der Waals surface area contributed by atoms with Gasteiger partial charge in [0.1, 0.15) is 11.6 Å². The summed E-state index contributed by atoms with van der Waals surface area (Å²) in [6, 6.07) is 5.72. The summed E-state index contributed by atoms with van der Waals surface area (Å²) in [5.41, 5.74) is 0.568. The molecule has 220 valence electrons. The minimum Gasteiger partial charge on any atom is -0.395 e. The Hall–Kier alpha value is -2.91. The monoisotopic (exact) mass is 600 g/mol. The Kier molecular flexibility index (Phi) is 8.66. The quantitative estimate of drug-likeness (QED) is 0.392. The molecule has 10 nitrogen and oxygen atoms in total. The number of aliphatic hydroxyl groups excluding tert-OH is 1. The largest absolute Gasteiger partial charge is 0.395 e. The van der Waals surface area contributed by atoms with Crippen LogP contribution in [0.2, 0.25) is 25.2 Å². The lowest BCUT2D eigenvalue weighted by atomic mass is 10.1. The van der Waals surface area contributed by atoms with Gasteiger partial charge in [-0.1, -0.05) is 13.1 Å². The van der Waals surface area contributed by atoms with Gasteiger partial charge in [0.25, 0.3) is 11.8 Å². The Morgan fingerprint density at radius 1 is 1.07 bits per heavy atom. The van der Waals surface area contributed by atoms with Crippen molar-refractivity contribution in [1.29, 1.82) is 0 Å². The van der Waals surface area contributed by atoms with Crippen LogP contribution < -0.4 is 19.8 Å². The van der Waals surface area contributed by atoms with Crippen molar-refractivity contribution in [3.05, 3.63) is 35.3 Å². The maximum atomic E-state index is 15.1. The molecule has 1 amide bonds. The number of aromatic nitrogens is 2. The van der Waals surface area contributed by atoms with E-state index in [9.17, 15) is 22.0 Å². The fourth-order valence-electron chi connectivity index (χ4n) is 4.75. The van der Waals surface area contributed by atoms with E-state index < -0.39 is 48.1 Å². The van der Waals surface area contributed by atoms with E-state index in [1.165, 1.54) is 12.1 Å². The van der Waals surface area contributed by atoms with Crippen LogP contribution in [-0.4, -0.2) is 81.9 Å². The Morgan fingerprint density at radius 3 is 2.35 bits per heavy atom. The molecule has 1 aromatic heterocycles. The van der Waals surface area contributed by atoms with E-state index in [-0.39, 0.29) is 48.9 Å². The lowest BCUT2D eigenvalue weighted by molar-refractivity contribution is -0.0222. The highest BCUT2D eigenvalue weighted by Gasteiger charge is 2.35. The van der Waals surface area contributed by atoms with Gasteiger partial charge >= 0.3 is 0 Å². The minimum absolute atomic E-state index is 0.000547. The molecule has 0 bridgehead atoms. The standard InChI is InChI=1S/C25H35F3N6O4SSi/c1-17-14-22(31-24(29-17)34-6-4-25(27,28)5-7-34)30-23(36)18-15-19(26)20(32-39(37,38)11-10-35)16-21(18)33-8-12-40(2,3)13-9-33/h14-16,32,35H,4-13H2,1-3H3,(H,29,30,31,36). The number of carbonyl (C=O) groups excluding carboxylic acids is 1. The molecule has 4 rings (SSSR count). The number of rotatable bonds is 8. The maximum absolute atomic E-state index is 15.1. The van der Waals surface area contributed by atoms with Crippen molar-refractivity contribution in [3.63, 3.8) is 0 Å². The minimum atomic E-state index is -4.00. The second kappa shape index (κ2) is 11.5. The third-order valence-corrected chi connectivity index (χ3v) is 11.7. The Balaban J connectivity index is 1.64. The van der Waals surface area contributed by atoms with Gasteiger partial charge in [0.15, 0.2) is 0 Å². The zero-order valence-electron chi connectivity index (χ0n) is 22.8. The zero-order valence-corrected chi connectivity index (χ0v) is 24.6. The number of hydrogen-bond donors (Lipinski definition) is 3. The highest BCUT2D eigenvalue weighted by atomic mass is 32.2. The molecule has 1 aromatic carbocycles. The molecule has 0 aliphatic carbocycles. The highest BCUT2D eigenvalue weighted by molar-refractivity contribution is 7.92. The molecular weight excluding hydrogens is 565 g/mol. The second-order valence-corrected chi connectivity index (χ2v) is 18.3. The fraction of sp³-hybridized carbons (Fsp3) is 0.560. The molecule has 2 aromatic rings. The molecule has 0 unspecified atom stereocenters. The summed E-state index contributed by atoms with van der Waals surface area (Å²) in [5.74, 6) is -4.59. The number of aryl methyl sites for hydroxylation is 1. The van der Waals surface area contributed by atoms with Crippen LogP contribution >= 0.6 is 0 Å². The van der Waals surface area contributed by atoms with Crippen LogP contribution in [0.1, 0.15) is 28.9 Å². The Labute approximate surface area is 233 Å². The average Bonchev–Trinajstić information content (AvgIpc) is 2.84. The summed E-state index contributed by atoms with van der Waals surface area (Å²) >= 11 is 0. The van der Waals surface area contributed by atoms with Crippen molar-refractivity contribution < 1.29 is 31.5 Å². The molecule has 0 radical (unpaired) electrons. The van der Waals surface area contributed by atoms with Crippen molar-refractivity contribution >= 4 is 47.1 Å². The third kappa shape index (κ3) is 7.43. The first-order valence-corrected chi connectivity index (χ1v) is 18.2. The van der Waals surface area contributed by atoms with Gasteiger partial charge in [0.05, 0.1) is 37.4 Å². The predicted octanol–water partition coefficient (Wildman–Crippen LogP) is 3.67. The van der Waals surface area contributed by atoms with E-state index in [0.29, 0.717) is 24.5 Å². The molecule has 0 spiro atoms. The van der Waals surface area contributed by atoms with Gasteiger partial charge in [0, 0.05) is 50.8 Å². The Morgan fingerprint density at radius 2 is 1.73 bits per heavy atom. The van der Waals surface area contributed by atoms with Gasteiger partial charge in [0.2, 0.25) is 16.0 Å². The van der Waals surface area contributed by atoms with Crippen molar-refractivity contribution in [1.82, 2.24) is 9.97 Å². The van der Waals surface area contributed by atoms with Gasteiger partial charge in [-0.15, -0.1) is 0 Å². The second-order valence-electron chi connectivity index (χ2n) is 11.1. The SMILES string of the molecule is Cc1cc(NC(=O)c2cc(F)c(NS(=O)(=O)CCO)cc2N2CC[Si](C)(C)CC2)nc(N2CCC(F)(F)CC2)n1. The number of sulfonamides is 1. The summed E-state index contributed by atoms with van der Waals surface area (Å²) in [6.07, 6.45) is -0.642. The van der Waals surface area contributed by atoms with Gasteiger partial charge in [-0.05, 0) is 31.1 Å². The number of amides is 1. The van der Waals surface area contributed by atoms with Crippen LogP contribution in [0, 0.1) is 12.7 Å². The molecule has 2 aliphatic rings. The first-order chi connectivity index (χ1) is 18.7. The van der Waals surface area contributed by atoms with Crippen LogP contribution in [0.4, 0.5) is 36.3 Å². The maximum Gasteiger partial charge on any atom is 0.259 e. The van der Waals surface area contributed by atoms with Gasteiger partial charge in [-0.3, -0.25) is 9.52 Å². The van der Waals surface area contributed by atoms with E-state index in [2.05, 4.69) is 33.1 Å². The van der Waals surface area contributed by atoms with E-state index in [4.69, 9.17) is 5.11 Å². The molecule has 3 heterocycles. The zero-order chi connectivity index (χ0) is 29.3. The van der Waals surface area contributed by atoms with Crippen LogP contribution in [0.25, 0.3) is 0 Å². The summed E-state index contributed by atoms with van der Waals surface area (Å²) in [5, 5.41) is 11.7. The molecule has 3 N–H and O–H groups in total. The van der Waals surface area contributed by atoms with E-state index >= 15 is 4.39 Å². The summed E-state index contributed by atoms with van der Waals surface area (Å²) in [6.45, 7) is 7.01. The van der Waals surface area contributed by atoms with Crippen LogP contribution in [0.5, 0.6) is 0 Å². The average molecular weight is 601 g/mol. The number of piperidine rings is 1. The molecule has 0 saturated carbocycles. The predicted molar refractivity (Wildman–Crippen MR) is 151 cm³/mol. The number of nitrogens with zero attached hydrogens (tertiary/aromatic N) is 4. The van der Waals surface area contributed by atoms with E-state index in [1.807, 2.05) is 4.90 Å². The number of benzene rings is 1. The number of anilines is 4. The Bertz CT molecular complexity index is 1360. The van der Waals surface area contributed by atoms with Gasteiger partial charge in [-0.2, -0.15) is 4.98 Å². The number of aliphatic hydroxyl groups is 1. The number of carbonyl (C=O) groups is 1. The third-order valence-electron chi connectivity index (χ3n) is 7.27. The lowest BCUT2D eigenvalue weighted by Crippen LogP contribution is -2.43. The normalized spacial score (nSPS) is 18.9. The number of alkyl halides is 2. The molecule has 0 atom stereocenters. The van der Waals surface area contributed by atoms with Crippen LogP contribution in [0.3, 0.4) is 0 Å². The molecular formula is C25H35F3N6O4SSi. The van der Waals surface area contributed by atoms with E-state index in [0.717, 1.165) is 18.2 Å². The number of hydrogen-bond acceptors (Lipinski definition) is 8.